The number of methoxy groups -OCH3 is 1. The van der Waals surface area contributed by atoms with Gasteiger partial charge in [-0.1, -0.05) is 19.3 Å². The van der Waals surface area contributed by atoms with Gasteiger partial charge in [0.15, 0.2) is 0 Å². The Labute approximate surface area is 73.3 Å². The second-order valence-electron chi connectivity index (χ2n) is 4.21. The summed E-state index contributed by atoms with van der Waals surface area (Å²) in [4.78, 5) is 11.0. The molecule has 2 nitrogen and oxygen atoms in total. The van der Waals surface area contributed by atoms with Crippen LogP contribution in [0.4, 0.5) is 0 Å². The third-order valence-electron chi connectivity index (χ3n) is 3.70. The first-order chi connectivity index (χ1) is 5.79. The highest BCUT2D eigenvalue weighted by Crippen LogP contribution is 2.63. The molecule has 0 amide bonds. The van der Waals surface area contributed by atoms with Crippen molar-refractivity contribution in [2.45, 2.75) is 44.1 Å². The number of aldehydes is 1. The van der Waals surface area contributed by atoms with Crippen molar-refractivity contribution in [2.24, 2.45) is 5.41 Å². The van der Waals surface area contributed by atoms with Crippen molar-refractivity contribution in [2.75, 3.05) is 7.11 Å². The van der Waals surface area contributed by atoms with Crippen LogP contribution in [0.2, 0.25) is 0 Å². The van der Waals surface area contributed by atoms with Crippen molar-refractivity contribution in [3.8, 4) is 0 Å². The topological polar surface area (TPSA) is 26.3 Å². The van der Waals surface area contributed by atoms with Gasteiger partial charge in [0.2, 0.25) is 0 Å². The van der Waals surface area contributed by atoms with Crippen molar-refractivity contribution in [1.29, 1.82) is 0 Å². The Balaban J connectivity index is 2.18. The lowest BCUT2D eigenvalue weighted by molar-refractivity contribution is -0.115. The van der Waals surface area contributed by atoms with Gasteiger partial charge in [0, 0.05) is 7.11 Å². The van der Waals surface area contributed by atoms with Gasteiger partial charge in [0.25, 0.3) is 0 Å². The second-order valence-corrected chi connectivity index (χ2v) is 4.21. The first kappa shape index (κ1) is 8.24. The fraction of sp³-hybridized carbons (Fsp3) is 0.900. The van der Waals surface area contributed by atoms with E-state index in [0.29, 0.717) is 0 Å². The zero-order chi connectivity index (χ0) is 8.66. The standard InChI is InChI=1S/C10H16O2/c1-12-10-6-4-2-3-5-9(10,7-10)8-11/h8H,2-7H2,1H3. The Morgan fingerprint density at radius 2 is 2.00 bits per heavy atom. The van der Waals surface area contributed by atoms with Crippen LogP contribution in [0.3, 0.4) is 0 Å². The molecular weight excluding hydrogens is 152 g/mol. The number of hydrogen-bond donors (Lipinski definition) is 0. The van der Waals surface area contributed by atoms with Gasteiger partial charge in [-0.15, -0.1) is 0 Å². The maximum Gasteiger partial charge on any atom is 0.129 e. The van der Waals surface area contributed by atoms with Gasteiger partial charge >= 0.3 is 0 Å². The molecule has 12 heavy (non-hydrogen) atoms. The average molecular weight is 168 g/mol. The molecule has 2 rings (SSSR count). The molecule has 2 unspecified atom stereocenters. The molecule has 0 heterocycles. The molecule has 0 radical (unpaired) electrons. The molecule has 0 aromatic heterocycles. The van der Waals surface area contributed by atoms with Crippen molar-refractivity contribution < 1.29 is 9.53 Å². The predicted molar refractivity (Wildman–Crippen MR) is 45.9 cm³/mol. The van der Waals surface area contributed by atoms with Crippen molar-refractivity contribution in [3.63, 3.8) is 0 Å². The summed E-state index contributed by atoms with van der Waals surface area (Å²) in [7, 11) is 1.75. The highest BCUT2D eigenvalue weighted by Gasteiger charge is 2.67. The van der Waals surface area contributed by atoms with Gasteiger partial charge in [0.1, 0.15) is 6.29 Å². The van der Waals surface area contributed by atoms with Gasteiger partial charge < -0.3 is 9.53 Å². The van der Waals surface area contributed by atoms with Crippen LogP contribution in [0.25, 0.3) is 0 Å². The van der Waals surface area contributed by atoms with Crippen LogP contribution in [-0.2, 0) is 9.53 Å². The van der Waals surface area contributed by atoms with Gasteiger partial charge in [-0.25, -0.2) is 0 Å². The van der Waals surface area contributed by atoms with Crippen molar-refractivity contribution in [1.82, 2.24) is 0 Å². The first-order valence-electron chi connectivity index (χ1n) is 4.80. The quantitative estimate of drug-likeness (QED) is 0.589. The molecule has 2 saturated carbocycles. The van der Waals surface area contributed by atoms with E-state index in [1.807, 2.05) is 0 Å². The molecule has 0 aromatic carbocycles. The molecule has 0 N–H and O–H groups in total. The lowest BCUT2D eigenvalue weighted by atomic mass is 9.98. The molecule has 0 spiro atoms. The fourth-order valence-electron chi connectivity index (χ4n) is 2.73. The Morgan fingerprint density at radius 1 is 1.25 bits per heavy atom. The van der Waals surface area contributed by atoms with Gasteiger partial charge in [-0.3, -0.25) is 0 Å². The summed E-state index contributed by atoms with van der Waals surface area (Å²) in [6.45, 7) is 0. The third-order valence-corrected chi connectivity index (χ3v) is 3.70. The number of rotatable bonds is 2. The average Bonchev–Trinajstić information content (AvgIpc) is 2.74. The molecule has 2 fully saturated rings. The monoisotopic (exact) mass is 168 g/mol. The van der Waals surface area contributed by atoms with Crippen LogP contribution in [0.15, 0.2) is 0 Å². The van der Waals surface area contributed by atoms with Crippen LogP contribution in [0.1, 0.15) is 38.5 Å². The SMILES string of the molecule is COC12CCCCCC1(C=O)C2. The van der Waals surface area contributed by atoms with Gasteiger partial charge in [-0.2, -0.15) is 0 Å². The zero-order valence-corrected chi connectivity index (χ0v) is 7.64. The molecular formula is C10H16O2. The normalized spacial score (nSPS) is 46.1. The molecule has 0 aromatic rings. The molecule has 68 valence electrons. The van der Waals surface area contributed by atoms with Crippen molar-refractivity contribution >= 4 is 6.29 Å². The van der Waals surface area contributed by atoms with Crippen LogP contribution >= 0.6 is 0 Å². The molecule has 2 aliphatic rings. The molecule has 2 aliphatic carbocycles. The van der Waals surface area contributed by atoms with E-state index in [1.165, 1.54) is 19.3 Å². The number of hydrogen-bond acceptors (Lipinski definition) is 2. The molecule has 0 saturated heterocycles. The highest BCUT2D eigenvalue weighted by molar-refractivity contribution is 5.68. The lowest BCUT2D eigenvalue weighted by Gasteiger charge is -2.17. The van der Waals surface area contributed by atoms with E-state index in [4.69, 9.17) is 4.74 Å². The Bertz CT molecular complexity index is 198. The number of ether oxygens (including phenoxy) is 1. The Kier molecular flexibility index (Phi) is 1.76. The summed E-state index contributed by atoms with van der Waals surface area (Å²) in [5.74, 6) is 0. The van der Waals surface area contributed by atoms with E-state index >= 15 is 0 Å². The minimum atomic E-state index is -0.0851. The number of carbonyl (C=O) groups is 1. The smallest absolute Gasteiger partial charge is 0.129 e. The Hall–Kier alpha value is -0.370. The van der Waals surface area contributed by atoms with Gasteiger partial charge in [-0.05, 0) is 19.3 Å². The minimum absolute atomic E-state index is 0.0503. The van der Waals surface area contributed by atoms with E-state index < -0.39 is 0 Å². The van der Waals surface area contributed by atoms with E-state index in [2.05, 4.69) is 0 Å². The summed E-state index contributed by atoms with van der Waals surface area (Å²) in [5.41, 5.74) is -0.135. The van der Waals surface area contributed by atoms with Crippen LogP contribution in [0.5, 0.6) is 0 Å². The molecule has 0 aliphatic heterocycles. The molecule has 2 heteroatoms. The van der Waals surface area contributed by atoms with Crippen molar-refractivity contribution in [3.05, 3.63) is 0 Å². The molecule has 2 atom stereocenters. The van der Waals surface area contributed by atoms with E-state index in [1.54, 1.807) is 7.11 Å². The van der Waals surface area contributed by atoms with E-state index in [-0.39, 0.29) is 11.0 Å². The lowest BCUT2D eigenvalue weighted by Crippen LogP contribution is -2.22. The molecule has 0 bridgehead atoms. The minimum Gasteiger partial charge on any atom is -0.377 e. The van der Waals surface area contributed by atoms with E-state index in [9.17, 15) is 4.79 Å². The van der Waals surface area contributed by atoms with E-state index in [0.717, 1.165) is 25.5 Å². The summed E-state index contributed by atoms with van der Waals surface area (Å²) in [5, 5.41) is 0. The third kappa shape index (κ3) is 0.875. The maximum atomic E-state index is 11.0. The summed E-state index contributed by atoms with van der Waals surface area (Å²) in [6.07, 6.45) is 7.93. The predicted octanol–water partition coefficient (Wildman–Crippen LogP) is 1.92. The fourth-order valence-corrected chi connectivity index (χ4v) is 2.73. The summed E-state index contributed by atoms with van der Waals surface area (Å²) in [6, 6.07) is 0. The summed E-state index contributed by atoms with van der Waals surface area (Å²) >= 11 is 0. The second kappa shape index (κ2) is 2.56. The largest absolute Gasteiger partial charge is 0.377 e. The van der Waals surface area contributed by atoms with Crippen LogP contribution in [0, 0.1) is 5.41 Å². The maximum absolute atomic E-state index is 11.0. The van der Waals surface area contributed by atoms with Crippen LogP contribution < -0.4 is 0 Å². The van der Waals surface area contributed by atoms with Gasteiger partial charge in [0.05, 0.1) is 11.0 Å². The summed E-state index contributed by atoms with van der Waals surface area (Å²) < 4.78 is 5.50. The number of carbonyl (C=O) groups excluding carboxylic acids is 1. The highest BCUT2D eigenvalue weighted by atomic mass is 16.5. The van der Waals surface area contributed by atoms with Crippen LogP contribution in [-0.4, -0.2) is 19.0 Å². The zero-order valence-electron chi connectivity index (χ0n) is 7.64. The number of fused-ring (bicyclic) bond motifs is 1. The Morgan fingerprint density at radius 3 is 2.67 bits per heavy atom. The first-order valence-corrected chi connectivity index (χ1v) is 4.80.